The molecule has 1 saturated heterocycles. The summed E-state index contributed by atoms with van der Waals surface area (Å²) in [6.45, 7) is 3.25. The molecular formula is C25H27N5O3. The Morgan fingerprint density at radius 2 is 1.82 bits per heavy atom. The molecule has 1 aliphatic rings. The van der Waals surface area contributed by atoms with Crippen LogP contribution in [0.2, 0.25) is 0 Å². The maximum absolute atomic E-state index is 13.2. The van der Waals surface area contributed by atoms with Gasteiger partial charge in [-0.05, 0) is 61.6 Å². The third-order valence-corrected chi connectivity index (χ3v) is 6.54. The largest absolute Gasteiger partial charge is 0.497 e. The average molecular weight is 446 g/mol. The summed E-state index contributed by atoms with van der Waals surface area (Å²) < 4.78 is 12.4. The molecule has 170 valence electrons. The van der Waals surface area contributed by atoms with Gasteiger partial charge in [0.2, 0.25) is 0 Å². The number of aromatic nitrogens is 4. The maximum Gasteiger partial charge on any atom is 0.276 e. The van der Waals surface area contributed by atoms with Gasteiger partial charge in [0.15, 0.2) is 5.69 Å². The van der Waals surface area contributed by atoms with Gasteiger partial charge in [-0.3, -0.25) is 4.79 Å². The van der Waals surface area contributed by atoms with Gasteiger partial charge < -0.3 is 19.4 Å². The lowest BCUT2D eigenvalue weighted by molar-refractivity contribution is 0.0706. The zero-order valence-electron chi connectivity index (χ0n) is 19.0. The molecule has 2 aromatic carbocycles. The lowest BCUT2D eigenvalue weighted by Gasteiger charge is -2.31. The number of likely N-dealkylation sites (tertiary alicyclic amines) is 1. The summed E-state index contributed by atoms with van der Waals surface area (Å²) in [6, 6.07) is 13.6. The Hall–Kier alpha value is -3.81. The summed E-state index contributed by atoms with van der Waals surface area (Å²) in [6.07, 6.45) is 3.90. The molecule has 3 heterocycles. The van der Waals surface area contributed by atoms with E-state index in [1.807, 2.05) is 48.2 Å². The first-order valence-corrected chi connectivity index (χ1v) is 11.1. The van der Waals surface area contributed by atoms with Gasteiger partial charge in [0.1, 0.15) is 11.5 Å². The Kier molecular flexibility index (Phi) is 5.50. The number of carbonyl (C=O) groups excluding carboxylic acids is 1. The van der Waals surface area contributed by atoms with Gasteiger partial charge in [0, 0.05) is 36.3 Å². The number of ether oxygens (including phenoxy) is 2. The van der Waals surface area contributed by atoms with Crippen LogP contribution < -0.4 is 9.47 Å². The Morgan fingerprint density at radius 3 is 2.58 bits per heavy atom. The predicted octanol–water partition coefficient (Wildman–Crippen LogP) is 4.09. The second-order valence-corrected chi connectivity index (χ2v) is 8.36. The van der Waals surface area contributed by atoms with Gasteiger partial charge in [-0.2, -0.15) is 0 Å². The minimum atomic E-state index is -0.0688. The number of aromatic amines is 1. The molecule has 8 heteroatoms. The van der Waals surface area contributed by atoms with Crippen LogP contribution in [0.5, 0.6) is 11.5 Å². The highest BCUT2D eigenvalue weighted by molar-refractivity contribution is 5.93. The molecule has 0 atom stereocenters. The molecular weight excluding hydrogens is 418 g/mol. The number of fused-ring (bicyclic) bond motifs is 1. The smallest absolute Gasteiger partial charge is 0.276 e. The summed E-state index contributed by atoms with van der Waals surface area (Å²) >= 11 is 0. The number of carbonyl (C=O) groups is 1. The number of methoxy groups -OCH3 is 2. The third-order valence-electron chi connectivity index (χ3n) is 6.54. The molecule has 1 fully saturated rings. The fourth-order valence-corrected chi connectivity index (χ4v) is 4.64. The second kappa shape index (κ2) is 8.61. The molecule has 33 heavy (non-hydrogen) atoms. The van der Waals surface area contributed by atoms with Crippen LogP contribution in [0.25, 0.3) is 16.6 Å². The maximum atomic E-state index is 13.2. The first kappa shape index (κ1) is 21.1. The molecule has 1 amide bonds. The summed E-state index contributed by atoms with van der Waals surface area (Å²) in [5.74, 6) is 1.90. The minimum absolute atomic E-state index is 0.0688. The number of nitrogens with zero attached hydrogens (tertiary/aromatic N) is 4. The Morgan fingerprint density at radius 1 is 1.06 bits per heavy atom. The second-order valence-electron chi connectivity index (χ2n) is 8.36. The topological polar surface area (TPSA) is 85.3 Å². The normalized spacial score (nSPS) is 14.6. The first-order valence-electron chi connectivity index (χ1n) is 11.1. The molecule has 2 aromatic heterocycles. The van der Waals surface area contributed by atoms with Crippen LogP contribution in [0, 0.1) is 6.92 Å². The van der Waals surface area contributed by atoms with Crippen LogP contribution in [-0.2, 0) is 0 Å². The van der Waals surface area contributed by atoms with Crippen molar-refractivity contribution in [2.75, 3.05) is 27.3 Å². The van der Waals surface area contributed by atoms with Crippen molar-refractivity contribution in [1.82, 2.24) is 24.9 Å². The molecule has 0 unspecified atom stereocenters. The fraction of sp³-hybridized carbons (Fsp3) is 0.320. The Balaban J connectivity index is 1.31. The van der Waals surface area contributed by atoms with Crippen molar-refractivity contribution in [1.29, 1.82) is 0 Å². The molecule has 0 spiro atoms. The molecule has 0 aliphatic carbocycles. The number of nitrogens with one attached hydrogen (secondary N) is 1. The number of rotatable bonds is 5. The van der Waals surface area contributed by atoms with Crippen molar-refractivity contribution >= 4 is 16.8 Å². The molecule has 4 aromatic rings. The highest BCUT2D eigenvalue weighted by atomic mass is 16.5. The number of hydrogen-bond donors (Lipinski definition) is 1. The van der Waals surface area contributed by atoms with E-state index in [2.05, 4.69) is 27.6 Å². The zero-order chi connectivity index (χ0) is 22.9. The van der Waals surface area contributed by atoms with Crippen molar-refractivity contribution < 1.29 is 14.3 Å². The van der Waals surface area contributed by atoms with Gasteiger partial charge in [-0.1, -0.05) is 11.3 Å². The first-order chi connectivity index (χ1) is 16.1. The van der Waals surface area contributed by atoms with E-state index < -0.39 is 0 Å². The van der Waals surface area contributed by atoms with E-state index in [1.54, 1.807) is 18.9 Å². The van der Waals surface area contributed by atoms with E-state index in [9.17, 15) is 4.79 Å². The number of piperidine rings is 1. The highest BCUT2D eigenvalue weighted by Gasteiger charge is 2.29. The van der Waals surface area contributed by atoms with Gasteiger partial charge in [-0.15, -0.1) is 5.10 Å². The van der Waals surface area contributed by atoms with E-state index in [0.29, 0.717) is 24.7 Å². The quantitative estimate of drug-likeness (QED) is 0.500. The van der Waals surface area contributed by atoms with Crippen molar-refractivity contribution in [2.24, 2.45) is 0 Å². The molecule has 5 rings (SSSR count). The van der Waals surface area contributed by atoms with E-state index >= 15 is 0 Å². The van der Waals surface area contributed by atoms with Crippen LogP contribution in [0.3, 0.4) is 0 Å². The van der Waals surface area contributed by atoms with Gasteiger partial charge >= 0.3 is 0 Å². The number of hydrogen-bond acceptors (Lipinski definition) is 5. The molecule has 0 bridgehead atoms. The van der Waals surface area contributed by atoms with Crippen LogP contribution in [0.1, 0.15) is 40.5 Å². The van der Waals surface area contributed by atoms with E-state index in [0.717, 1.165) is 41.2 Å². The summed E-state index contributed by atoms with van der Waals surface area (Å²) in [7, 11) is 3.31. The molecule has 1 aliphatic heterocycles. The van der Waals surface area contributed by atoms with Crippen molar-refractivity contribution in [3.8, 4) is 17.2 Å². The van der Waals surface area contributed by atoms with Crippen LogP contribution in [0.15, 0.2) is 48.7 Å². The Bertz CT molecular complexity index is 1300. The van der Waals surface area contributed by atoms with Crippen molar-refractivity contribution in [2.45, 2.75) is 25.7 Å². The fourth-order valence-electron chi connectivity index (χ4n) is 4.64. The standard InChI is InChI=1S/C25H27N5O3/c1-16-24(27-28-30(16)18-5-4-6-19(13-18)32-2)25(31)29-11-9-17(10-12-29)22-15-26-23-8-7-20(33-3)14-21(22)23/h4-8,13-15,17,26H,9-12H2,1-3H3. The molecule has 1 N–H and O–H groups in total. The van der Waals surface area contributed by atoms with Gasteiger partial charge in [-0.25, -0.2) is 4.68 Å². The summed E-state index contributed by atoms with van der Waals surface area (Å²) in [5, 5.41) is 9.64. The van der Waals surface area contributed by atoms with Crippen LogP contribution in [-0.4, -0.2) is 58.1 Å². The average Bonchev–Trinajstić information content (AvgIpc) is 3.46. The lowest BCUT2D eigenvalue weighted by Crippen LogP contribution is -2.38. The lowest BCUT2D eigenvalue weighted by atomic mass is 9.89. The SMILES string of the molecule is COc1cccc(-n2nnc(C(=O)N3CCC(c4c[nH]c5ccc(OC)cc45)CC3)c2C)c1. The van der Waals surface area contributed by atoms with Gasteiger partial charge in [0.25, 0.3) is 5.91 Å². The number of benzene rings is 2. The predicted molar refractivity (Wildman–Crippen MR) is 125 cm³/mol. The van der Waals surface area contributed by atoms with Crippen LogP contribution >= 0.6 is 0 Å². The monoisotopic (exact) mass is 445 g/mol. The molecule has 0 saturated carbocycles. The van der Waals surface area contributed by atoms with E-state index in [-0.39, 0.29) is 5.91 Å². The molecule has 0 radical (unpaired) electrons. The van der Waals surface area contributed by atoms with E-state index in [1.165, 1.54) is 10.9 Å². The van der Waals surface area contributed by atoms with E-state index in [4.69, 9.17) is 9.47 Å². The minimum Gasteiger partial charge on any atom is -0.497 e. The van der Waals surface area contributed by atoms with Crippen LogP contribution in [0.4, 0.5) is 0 Å². The number of H-pyrrole nitrogens is 1. The van der Waals surface area contributed by atoms with Gasteiger partial charge in [0.05, 0.1) is 25.6 Å². The number of amides is 1. The zero-order valence-corrected chi connectivity index (χ0v) is 19.0. The Labute approximate surface area is 192 Å². The summed E-state index contributed by atoms with van der Waals surface area (Å²) in [5.41, 5.74) is 4.32. The summed E-state index contributed by atoms with van der Waals surface area (Å²) in [4.78, 5) is 18.5. The molecule has 8 nitrogen and oxygen atoms in total. The van der Waals surface area contributed by atoms with Crippen molar-refractivity contribution in [3.63, 3.8) is 0 Å². The van der Waals surface area contributed by atoms with Crippen molar-refractivity contribution in [3.05, 3.63) is 65.6 Å². The highest BCUT2D eigenvalue weighted by Crippen LogP contribution is 2.35. The third kappa shape index (κ3) is 3.82.